The Labute approximate surface area is 116 Å². The largest absolute Gasteiger partial charge is 0.476 e. The summed E-state index contributed by atoms with van der Waals surface area (Å²) >= 11 is 5.10. The Bertz CT molecular complexity index is 541. The number of hydrogen-bond donors (Lipinski definition) is 2. The Morgan fingerprint density at radius 2 is 2.17 bits per heavy atom. The lowest BCUT2D eigenvalue weighted by molar-refractivity contribution is 0.0689. The van der Waals surface area contributed by atoms with Crippen molar-refractivity contribution in [3.05, 3.63) is 38.6 Å². The van der Waals surface area contributed by atoms with E-state index in [1.165, 1.54) is 10.9 Å². The van der Waals surface area contributed by atoms with Gasteiger partial charge in [0.25, 0.3) is 0 Å². The summed E-state index contributed by atoms with van der Waals surface area (Å²) in [7, 11) is 0. The molecular weight excluding hydrogens is 318 g/mol. The summed E-state index contributed by atoms with van der Waals surface area (Å²) in [6.07, 6.45) is 0.888. The molecule has 2 heterocycles. The summed E-state index contributed by atoms with van der Waals surface area (Å²) in [5, 5.41) is 19.1. The zero-order valence-electron chi connectivity index (χ0n) is 9.26. The van der Waals surface area contributed by atoms with E-state index in [1.807, 2.05) is 6.07 Å². The Hall–Kier alpha value is -1.47. The van der Waals surface area contributed by atoms with Crippen LogP contribution in [-0.4, -0.2) is 27.8 Å². The van der Waals surface area contributed by atoms with Crippen molar-refractivity contribution in [1.82, 2.24) is 10.2 Å². The average molecular weight is 328 g/mol. The molecule has 2 N–H and O–H groups in total. The second kappa shape index (κ2) is 5.92. The van der Waals surface area contributed by atoms with Crippen molar-refractivity contribution in [2.75, 3.05) is 11.9 Å². The highest BCUT2D eigenvalue weighted by Gasteiger charge is 2.04. The lowest BCUT2D eigenvalue weighted by Gasteiger charge is -2.03. The van der Waals surface area contributed by atoms with Crippen molar-refractivity contribution in [2.45, 2.75) is 6.42 Å². The summed E-state index contributed by atoms with van der Waals surface area (Å²) < 4.78 is 1.11. The fourth-order valence-corrected chi connectivity index (χ4v) is 2.82. The molecule has 0 unspecified atom stereocenters. The van der Waals surface area contributed by atoms with Gasteiger partial charge in [0.05, 0.1) is 3.79 Å². The second-order valence-corrected chi connectivity index (χ2v) is 6.04. The van der Waals surface area contributed by atoms with E-state index in [4.69, 9.17) is 5.11 Å². The van der Waals surface area contributed by atoms with Crippen LogP contribution in [0, 0.1) is 0 Å². The zero-order valence-corrected chi connectivity index (χ0v) is 11.7. The number of aromatic carboxylic acids is 1. The predicted octanol–water partition coefficient (Wildman–Crippen LogP) is 2.65. The first-order chi connectivity index (χ1) is 8.65. The van der Waals surface area contributed by atoms with Crippen molar-refractivity contribution in [1.29, 1.82) is 0 Å². The number of halogens is 1. The first kappa shape index (κ1) is 13.0. The number of anilines is 1. The standard InChI is InChI=1S/C11H10BrN3O2S/c12-9-3-1-7(18-9)5-6-13-10-4-2-8(11(16)17)14-15-10/h1-4H,5-6H2,(H,13,15)(H,16,17). The van der Waals surface area contributed by atoms with Crippen molar-refractivity contribution >= 4 is 39.1 Å². The topological polar surface area (TPSA) is 75.1 Å². The molecule has 0 amide bonds. The second-order valence-electron chi connectivity index (χ2n) is 3.49. The van der Waals surface area contributed by atoms with Crippen LogP contribution in [0.1, 0.15) is 15.4 Å². The van der Waals surface area contributed by atoms with E-state index in [9.17, 15) is 4.79 Å². The molecule has 0 bridgehead atoms. The van der Waals surface area contributed by atoms with Crippen LogP contribution in [0.4, 0.5) is 5.82 Å². The molecule has 18 heavy (non-hydrogen) atoms. The molecule has 2 aromatic rings. The molecule has 7 heteroatoms. The fraction of sp³-hybridized carbons (Fsp3) is 0.182. The lowest BCUT2D eigenvalue weighted by Crippen LogP contribution is -2.08. The molecule has 0 aliphatic heterocycles. The van der Waals surface area contributed by atoms with Crippen molar-refractivity contribution < 1.29 is 9.90 Å². The maximum absolute atomic E-state index is 10.6. The van der Waals surface area contributed by atoms with E-state index in [0.29, 0.717) is 5.82 Å². The average Bonchev–Trinajstić information content (AvgIpc) is 2.76. The van der Waals surface area contributed by atoms with Gasteiger partial charge in [-0.05, 0) is 46.6 Å². The molecule has 0 aliphatic rings. The van der Waals surface area contributed by atoms with Gasteiger partial charge in [0.1, 0.15) is 5.82 Å². The van der Waals surface area contributed by atoms with Gasteiger partial charge in [-0.3, -0.25) is 0 Å². The first-order valence-electron chi connectivity index (χ1n) is 5.20. The normalized spacial score (nSPS) is 10.3. The molecule has 0 fully saturated rings. The van der Waals surface area contributed by atoms with E-state index in [0.717, 1.165) is 16.8 Å². The molecule has 2 rings (SSSR count). The van der Waals surface area contributed by atoms with Crippen molar-refractivity contribution in [3.8, 4) is 0 Å². The summed E-state index contributed by atoms with van der Waals surface area (Å²) in [6.45, 7) is 0.730. The van der Waals surface area contributed by atoms with Gasteiger partial charge in [-0.25, -0.2) is 4.79 Å². The number of rotatable bonds is 5. The molecule has 94 valence electrons. The van der Waals surface area contributed by atoms with Gasteiger partial charge in [0.2, 0.25) is 0 Å². The number of nitrogens with zero attached hydrogens (tertiary/aromatic N) is 2. The maximum atomic E-state index is 10.6. The van der Waals surface area contributed by atoms with Gasteiger partial charge in [0.15, 0.2) is 5.69 Å². The minimum atomic E-state index is -1.07. The highest BCUT2D eigenvalue weighted by Crippen LogP contribution is 2.22. The van der Waals surface area contributed by atoms with E-state index >= 15 is 0 Å². The van der Waals surface area contributed by atoms with Gasteiger partial charge in [0, 0.05) is 11.4 Å². The zero-order chi connectivity index (χ0) is 13.0. The van der Waals surface area contributed by atoms with Gasteiger partial charge >= 0.3 is 5.97 Å². The number of nitrogens with one attached hydrogen (secondary N) is 1. The molecule has 0 aromatic carbocycles. The van der Waals surface area contributed by atoms with Gasteiger partial charge in [-0.2, -0.15) is 0 Å². The molecular formula is C11H10BrN3O2S. The van der Waals surface area contributed by atoms with Crippen LogP contribution in [0.2, 0.25) is 0 Å². The van der Waals surface area contributed by atoms with E-state index < -0.39 is 5.97 Å². The number of carbonyl (C=O) groups is 1. The highest BCUT2D eigenvalue weighted by molar-refractivity contribution is 9.11. The third-order valence-corrected chi connectivity index (χ3v) is 3.87. The van der Waals surface area contributed by atoms with E-state index in [-0.39, 0.29) is 5.69 Å². The van der Waals surface area contributed by atoms with Gasteiger partial charge in [-0.1, -0.05) is 0 Å². The van der Waals surface area contributed by atoms with Crippen LogP contribution < -0.4 is 5.32 Å². The maximum Gasteiger partial charge on any atom is 0.356 e. The number of hydrogen-bond acceptors (Lipinski definition) is 5. The number of carboxylic acid groups (broad SMARTS) is 1. The number of thiophene rings is 1. The van der Waals surface area contributed by atoms with Crippen LogP contribution in [-0.2, 0) is 6.42 Å². The Morgan fingerprint density at radius 1 is 1.33 bits per heavy atom. The molecule has 5 nitrogen and oxygen atoms in total. The van der Waals surface area contributed by atoms with Crippen LogP contribution >= 0.6 is 27.3 Å². The minimum absolute atomic E-state index is 0.0530. The van der Waals surface area contributed by atoms with E-state index in [2.05, 4.69) is 37.5 Å². The molecule has 0 atom stereocenters. The number of aromatic nitrogens is 2. The Morgan fingerprint density at radius 3 is 2.72 bits per heavy atom. The summed E-state index contributed by atoms with van der Waals surface area (Å²) in [4.78, 5) is 11.9. The van der Waals surface area contributed by atoms with Crippen LogP contribution in [0.5, 0.6) is 0 Å². The monoisotopic (exact) mass is 327 g/mol. The van der Waals surface area contributed by atoms with Gasteiger partial charge < -0.3 is 10.4 Å². The summed E-state index contributed by atoms with van der Waals surface area (Å²) in [5.41, 5.74) is -0.0530. The third-order valence-electron chi connectivity index (χ3n) is 2.19. The van der Waals surface area contributed by atoms with Crippen molar-refractivity contribution in [3.63, 3.8) is 0 Å². The SMILES string of the molecule is O=C(O)c1ccc(NCCc2ccc(Br)s2)nn1. The molecule has 0 aliphatic carbocycles. The minimum Gasteiger partial charge on any atom is -0.476 e. The molecule has 0 spiro atoms. The quantitative estimate of drug-likeness (QED) is 0.883. The lowest BCUT2D eigenvalue weighted by atomic mass is 10.3. The smallest absolute Gasteiger partial charge is 0.356 e. The fourth-order valence-electron chi connectivity index (χ4n) is 1.34. The van der Waals surface area contributed by atoms with Crippen LogP contribution in [0.15, 0.2) is 28.1 Å². The first-order valence-corrected chi connectivity index (χ1v) is 6.81. The Kier molecular flexibility index (Phi) is 4.27. The molecule has 0 saturated heterocycles. The molecule has 2 aromatic heterocycles. The summed E-state index contributed by atoms with van der Waals surface area (Å²) in [6, 6.07) is 7.12. The summed E-state index contributed by atoms with van der Waals surface area (Å²) in [5.74, 6) is -0.492. The Balaban J connectivity index is 1.85. The third kappa shape index (κ3) is 3.51. The molecule has 0 radical (unpaired) electrons. The van der Waals surface area contributed by atoms with E-state index in [1.54, 1.807) is 17.4 Å². The van der Waals surface area contributed by atoms with Gasteiger partial charge in [-0.15, -0.1) is 21.5 Å². The van der Waals surface area contributed by atoms with Crippen LogP contribution in [0.3, 0.4) is 0 Å². The highest BCUT2D eigenvalue weighted by atomic mass is 79.9. The van der Waals surface area contributed by atoms with Crippen molar-refractivity contribution in [2.24, 2.45) is 0 Å². The molecule has 0 saturated carbocycles. The predicted molar refractivity (Wildman–Crippen MR) is 73.2 cm³/mol. The van der Waals surface area contributed by atoms with Crippen LogP contribution in [0.25, 0.3) is 0 Å². The number of carboxylic acids is 1.